The van der Waals surface area contributed by atoms with Crippen LogP contribution in [0, 0.1) is 0 Å². The Morgan fingerprint density at radius 2 is 2.14 bits per heavy atom. The van der Waals surface area contributed by atoms with Crippen LogP contribution in [0.2, 0.25) is 0 Å². The van der Waals surface area contributed by atoms with Crippen LogP contribution in [0.25, 0.3) is 10.9 Å². The van der Waals surface area contributed by atoms with E-state index in [4.69, 9.17) is 4.42 Å². The number of benzene rings is 1. The van der Waals surface area contributed by atoms with E-state index in [1.165, 1.54) is 10.9 Å². The van der Waals surface area contributed by atoms with Gasteiger partial charge in [0.2, 0.25) is 11.8 Å². The first-order chi connectivity index (χ1) is 10.0. The molecule has 3 aromatic rings. The molecular weight excluding hydrogens is 336 g/mol. The van der Waals surface area contributed by atoms with Crippen LogP contribution in [0.15, 0.2) is 38.2 Å². The molecule has 2 heterocycles. The third-order valence-corrected chi connectivity index (χ3v) is 3.56. The Hall–Kier alpha value is -2.02. The van der Waals surface area contributed by atoms with Crippen LogP contribution in [-0.4, -0.2) is 19.7 Å². The van der Waals surface area contributed by atoms with Crippen molar-refractivity contribution in [3.63, 3.8) is 0 Å². The van der Waals surface area contributed by atoms with E-state index in [-0.39, 0.29) is 18.0 Å². The number of fused-ring (bicyclic) bond motifs is 1. The summed E-state index contributed by atoms with van der Waals surface area (Å²) in [5, 5.41) is 8.47. The van der Waals surface area contributed by atoms with Gasteiger partial charge in [0, 0.05) is 10.4 Å². The average molecular weight is 349 g/mol. The van der Waals surface area contributed by atoms with Crippen LogP contribution in [0.1, 0.15) is 31.5 Å². The van der Waals surface area contributed by atoms with Crippen molar-refractivity contribution < 1.29 is 4.42 Å². The lowest BCUT2D eigenvalue weighted by Crippen LogP contribution is -2.21. The Kier molecular flexibility index (Phi) is 3.59. The topological polar surface area (TPSA) is 73.8 Å². The van der Waals surface area contributed by atoms with Crippen molar-refractivity contribution >= 4 is 26.8 Å². The number of hydrogen-bond acceptors (Lipinski definition) is 5. The van der Waals surface area contributed by atoms with E-state index in [2.05, 4.69) is 31.1 Å². The molecule has 0 aliphatic carbocycles. The van der Waals surface area contributed by atoms with Crippen LogP contribution in [0.4, 0.5) is 0 Å². The zero-order valence-corrected chi connectivity index (χ0v) is 13.2. The number of hydrogen-bond donors (Lipinski definition) is 0. The lowest BCUT2D eigenvalue weighted by atomic mass is 10.2. The van der Waals surface area contributed by atoms with Crippen molar-refractivity contribution in [3.05, 3.63) is 51.1 Å². The molecule has 108 valence electrons. The van der Waals surface area contributed by atoms with Crippen molar-refractivity contribution in [3.8, 4) is 0 Å². The maximum Gasteiger partial charge on any atom is 0.261 e. The van der Waals surface area contributed by atoms with Gasteiger partial charge in [-0.25, -0.2) is 4.98 Å². The highest BCUT2D eigenvalue weighted by Gasteiger charge is 2.12. The molecule has 1 aromatic carbocycles. The fourth-order valence-electron chi connectivity index (χ4n) is 1.95. The molecule has 0 bridgehead atoms. The van der Waals surface area contributed by atoms with Gasteiger partial charge in [0.25, 0.3) is 5.56 Å². The largest absolute Gasteiger partial charge is 0.423 e. The van der Waals surface area contributed by atoms with Crippen LogP contribution < -0.4 is 5.56 Å². The first kappa shape index (κ1) is 13.9. The minimum Gasteiger partial charge on any atom is -0.423 e. The molecule has 0 radical (unpaired) electrons. The summed E-state index contributed by atoms with van der Waals surface area (Å²) in [6, 6.07) is 5.41. The quantitative estimate of drug-likeness (QED) is 0.727. The standard InChI is InChI=1S/C14H13BrN4O2/c1-8(2)13-18-17-12(21-13)6-19-7-16-11-4-3-9(15)5-10(11)14(19)20/h3-5,7-8H,6H2,1-2H3. The normalized spacial score (nSPS) is 11.4. The van der Waals surface area contributed by atoms with Gasteiger partial charge in [-0.05, 0) is 18.2 Å². The predicted molar refractivity (Wildman–Crippen MR) is 81.2 cm³/mol. The fourth-order valence-corrected chi connectivity index (χ4v) is 2.31. The van der Waals surface area contributed by atoms with E-state index in [1.807, 2.05) is 19.9 Å². The summed E-state index contributed by atoms with van der Waals surface area (Å²) in [4.78, 5) is 16.7. The van der Waals surface area contributed by atoms with Crippen LogP contribution in [0.5, 0.6) is 0 Å². The molecule has 0 aliphatic rings. The SMILES string of the molecule is CC(C)c1nnc(Cn2cnc3ccc(Br)cc3c2=O)o1. The Morgan fingerprint density at radius 3 is 2.86 bits per heavy atom. The summed E-state index contributed by atoms with van der Waals surface area (Å²) in [5.74, 6) is 1.13. The van der Waals surface area contributed by atoms with Crippen molar-refractivity contribution in [2.45, 2.75) is 26.3 Å². The third-order valence-electron chi connectivity index (χ3n) is 3.07. The molecule has 7 heteroatoms. The van der Waals surface area contributed by atoms with Crippen LogP contribution in [0.3, 0.4) is 0 Å². The highest BCUT2D eigenvalue weighted by molar-refractivity contribution is 9.10. The molecule has 2 aromatic heterocycles. The lowest BCUT2D eigenvalue weighted by molar-refractivity contribution is 0.420. The van der Waals surface area contributed by atoms with Gasteiger partial charge in [-0.2, -0.15) is 0 Å². The van der Waals surface area contributed by atoms with E-state index in [1.54, 1.807) is 12.1 Å². The maximum absolute atomic E-state index is 12.4. The van der Waals surface area contributed by atoms with Crippen molar-refractivity contribution in [1.29, 1.82) is 0 Å². The summed E-state index contributed by atoms with van der Waals surface area (Å²) >= 11 is 3.36. The smallest absolute Gasteiger partial charge is 0.261 e. The number of aromatic nitrogens is 4. The van der Waals surface area contributed by atoms with Crippen LogP contribution in [-0.2, 0) is 6.54 Å². The predicted octanol–water partition coefficient (Wildman–Crippen LogP) is 2.71. The summed E-state index contributed by atoms with van der Waals surface area (Å²) < 4.78 is 7.82. The van der Waals surface area contributed by atoms with Gasteiger partial charge in [0.15, 0.2) is 0 Å². The Balaban J connectivity index is 2.00. The molecule has 0 unspecified atom stereocenters. The van der Waals surface area contributed by atoms with Gasteiger partial charge >= 0.3 is 0 Å². The Labute approximate surface area is 129 Å². The van der Waals surface area contributed by atoms with Crippen LogP contribution >= 0.6 is 15.9 Å². The Morgan fingerprint density at radius 1 is 1.33 bits per heavy atom. The maximum atomic E-state index is 12.4. The molecule has 21 heavy (non-hydrogen) atoms. The Bertz CT molecular complexity index is 854. The molecular formula is C14H13BrN4O2. The molecule has 0 spiro atoms. The lowest BCUT2D eigenvalue weighted by Gasteiger charge is -2.04. The summed E-state index contributed by atoms with van der Waals surface area (Å²) in [5.41, 5.74) is 0.526. The molecule has 3 rings (SSSR count). The second kappa shape index (κ2) is 5.40. The molecule has 0 fully saturated rings. The highest BCUT2D eigenvalue weighted by Crippen LogP contribution is 2.15. The summed E-state index contributed by atoms with van der Waals surface area (Å²) in [6.45, 7) is 4.16. The molecule has 0 saturated heterocycles. The number of rotatable bonds is 3. The van der Waals surface area contributed by atoms with E-state index in [0.29, 0.717) is 22.7 Å². The first-order valence-electron chi connectivity index (χ1n) is 6.51. The van der Waals surface area contributed by atoms with E-state index < -0.39 is 0 Å². The van der Waals surface area contributed by atoms with Crippen molar-refractivity contribution in [2.75, 3.05) is 0 Å². The van der Waals surface area contributed by atoms with Crippen molar-refractivity contribution in [1.82, 2.24) is 19.7 Å². The second-order valence-corrected chi connectivity index (χ2v) is 5.94. The minimum atomic E-state index is -0.134. The zero-order chi connectivity index (χ0) is 15.0. The van der Waals surface area contributed by atoms with E-state index >= 15 is 0 Å². The highest BCUT2D eigenvalue weighted by atomic mass is 79.9. The monoisotopic (exact) mass is 348 g/mol. The van der Waals surface area contributed by atoms with E-state index in [9.17, 15) is 4.79 Å². The second-order valence-electron chi connectivity index (χ2n) is 5.03. The van der Waals surface area contributed by atoms with Gasteiger partial charge in [0.1, 0.15) is 6.54 Å². The number of halogens is 1. The molecule has 0 amide bonds. The average Bonchev–Trinajstić information content (AvgIpc) is 2.91. The number of nitrogens with zero attached hydrogens (tertiary/aromatic N) is 4. The van der Waals surface area contributed by atoms with E-state index in [0.717, 1.165) is 4.47 Å². The molecule has 6 nitrogen and oxygen atoms in total. The van der Waals surface area contributed by atoms with Gasteiger partial charge in [-0.15, -0.1) is 10.2 Å². The third kappa shape index (κ3) is 2.73. The molecule has 0 saturated carbocycles. The van der Waals surface area contributed by atoms with Gasteiger partial charge in [-0.3, -0.25) is 9.36 Å². The molecule has 0 N–H and O–H groups in total. The summed E-state index contributed by atoms with van der Waals surface area (Å²) in [6.07, 6.45) is 1.50. The van der Waals surface area contributed by atoms with Gasteiger partial charge in [-0.1, -0.05) is 29.8 Å². The summed E-state index contributed by atoms with van der Waals surface area (Å²) in [7, 11) is 0. The van der Waals surface area contributed by atoms with Gasteiger partial charge in [0.05, 0.1) is 17.2 Å². The van der Waals surface area contributed by atoms with Gasteiger partial charge < -0.3 is 4.42 Å². The molecule has 0 aliphatic heterocycles. The first-order valence-corrected chi connectivity index (χ1v) is 7.31. The zero-order valence-electron chi connectivity index (χ0n) is 11.6. The molecule has 0 atom stereocenters. The fraction of sp³-hybridized carbons (Fsp3) is 0.286. The van der Waals surface area contributed by atoms with Crippen molar-refractivity contribution in [2.24, 2.45) is 0 Å². The minimum absolute atomic E-state index is 0.134.